The van der Waals surface area contributed by atoms with Gasteiger partial charge in [0.05, 0.1) is 36.7 Å². The molecule has 0 aliphatic carbocycles. The first-order valence-corrected chi connectivity index (χ1v) is 11.6. The van der Waals surface area contributed by atoms with E-state index in [0.717, 1.165) is 48.2 Å². The molecule has 7 nitrogen and oxygen atoms in total. The number of thiophene rings is 1. The summed E-state index contributed by atoms with van der Waals surface area (Å²) in [5.74, 6) is 1.99. The van der Waals surface area contributed by atoms with Gasteiger partial charge in [-0.1, -0.05) is 0 Å². The smallest absolute Gasteiger partial charge is 0.152 e. The number of aryl methyl sites for hydroxylation is 2. The lowest BCUT2D eigenvalue weighted by Crippen LogP contribution is -2.36. The van der Waals surface area contributed by atoms with Gasteiger partial charge in [0.2, 0.25) is 0 Å². The molecule has 0 unspecified atom stereocenters. The maximum absolute atomic E-state index is 11.8. The zero-order valence-electron chi connectivity index (χ0n) is 15.1. The molecular formula is C17H24N4O3S2. The van der Waals surface area contributed by atoms with Crippen LogP contribution in [0.2, 0.25) is 0 Å². The van der Waals surface area contributed by atoms with Crippen molar-refractivity contribution in [2.24, 2.45) is 0 Å². The Morgan fingerprint density at radius 1 is 1.27 bits per heavy atom. The van der Waals surface area contributed by atoms with E-state index in [-0.39, 0.29) is 17.5 Å². The second-order valence-corrected chi connectivity index (χ2v) is 10.5. The van der Waals surface area contributed by atoms with Gasteiger partial charge in [0, 0.05) is 24.0 Å². The summed E-state index contributed by atoms with van der Waals surface area (Å²) in [6.45, 7) is 8.10. The summed E-state index contributed by atoms with van der Waals surface area (Å²) >= 11 is 1.67. The van der Waals surface area contributed by atoms with Gasteiger partial charge >= 0.3 is 0 Å². The summed E-state index contributed by atoms with van der Waals surface area (Å²) in [4.78, 5) is 14.1. The van der Waals surface area contributed by atoms with E-state index in [1.807, 2.05) is 0 Å². The Balaban J connectivity index is 1.66. The number of nitrogens with zero attached hydrogens (tertiary/aromatic N) is 3. The minimum Gasteiger partial charge on any atom is -0.379 e. The third-order valence-corrected chi connectivity index (χ3v) is 7.99. The van der Waals surface area contributed by atoms with Crippen LogP contribution in [-0.4, -0.2) is 67.1 Å². The van der Waals surface area contributed by atoms with Crippen molar-refractivity contribution in [3.8, 4) is 0 Å². The second-order valence-electron chi connectivity index (χ2n) is 7.08. The van der Waals surface area contributed by atoms with Crippen LogP contribution in [0, 0.1) is 13.8 Å². The number of aromatic nitrogens is 2. The van der Waals surface area contributed by atoms with Gasteiger partial charge in [-0.3, -0.25) is 4.90 Å². The van der Waals surface area contributed by atoms with Crippen LogP contribution in [0.4, 0.5) is 5.82 Å². The number of hydrogen-bond donors (Lipinski definition) is 1. The van der Waals surface area contributed by atoms with Crippen LogP contribution in [0.1, 0.15) is 22.7 Å². The van der Waals surface area contributed by atoms with Crippen molar-refractivity contribution in [1.82, 2.24) is 14.9 Å². The van der Waals surface area contributed by atoms with Crippen molar-refractivity contribution in [2.45, 2.75) is 32.9 Å². The topological polar surface area (TPSA) is 84.4 Å². The van der Waals surface area contributed by atoms with Crippen LogP contribution >= 0.6 is 11.3 Å². The van der Waals surface area contributed by atoms with Gasteiger partial charge in [0.15, 0.2) is 9.84 Å². The number of nitrogens with one attached hydrogen (secondary N) is 1. The highest BCUT2D eigenvalue weighted by molar-refractivity contribution is 7.91. The van der Waals surface area contributed by atoms with Gasteiger partial charge in [0.1, 0.15) is 16.5 Å². The van der Waals surface area contributed by atoms with Crippen LogP contribution in [-0.2, 0) is 21.1 Å². The Bertz CT molecular complexity index is 920. The van der Waals surface area contributed by atoms with Gasteiger partial charge in [-0.2, -0.15) is 0 Å². The van der Waals surface area contributed by atoms with Crippen molar-refractivity contribution in [2.75, 3.05) is 43.1 Å². The molecule has 2 aromatic heterocycles. The van der Waals surface area contributed by atoms with E-state index in [0.29, 0.717) is 13.0 Å². The maximum atomic E-state index is 11.8. The fourth-order valence-corrected chi connectivity index (χ4v) is 6.25. The fraction of sp³-hybridized carbons (Fsp3) is 0.647. The predicted molar refractivity (Wildman–Crippen MR) is 104 cm³/mol. The quantitative estimate of drug-likeness (QED) is 0.843. The van der Waals surface area contributed by atoms with E-state index in [4.69, 9.17) is 14.7 Å². The molecule has 0 saturated carbocycles. The fourth-order valence-electron chi connectivity index (χ4n) is 3.53. The summed E-state index contributed by atoms with van der Waals surface area (Å²) < 4.78 is 29.0. The molecule has 0 radical (unpaired) electrons. The molecule has 2 saturated heterocycles. The van der Waals surface area contributed by atoms with Crippen molar-refractivity contribution >= 4 is 37.2 Å². The molecule has 0 spiro atoms. The summed E-state index contributed by atoms with van der Waals surface area (Å²) in [5, 5.41) is 4.43. The average Bonchev–Trinajstić information content (AvgIpc) is 3.07. The highest BCUT2D eigenvalue weighted by atomic mass is 32.2. The van der Waals surface area contributed by atoms with Crippen molar-refractivity contribution < 1.29 is 13.2 Å². The van der Waals surface area contributed by atoms with Gasteiger partial charge < -0.3 is 10.1 Å². The van der Waals surface area contributed by atoms with E-state index in [9.17, 15) is 8.42 Å². The Labute approximate surface area is 157 Å². The predicted octanol–water partition coefficient (Wildman–Crippen LogP) is 1.74. The van der Waals surface area contributed by atoms with Gasteiger partial charge in [-0.25, -0.2) is 18.4 Å². The number of sulfone groups is 1. The monoisotopic (exact) mass is 396 g/mol. The van der Waals surface area contributed by atoms with E-state index >= 15 is 0 Å². The van der Waals surface area contributed by atoms with Gasteiger partial charge in [-0.15, -0.1) is 11.3 Å². The molecule has 1 atom stereocenters. The van der Waals surface area contributed by atoms with Crippen LogP contribution in [0.5, 0.6) is 0 Å². The lowest BCUT2D eigenvalue weighted by Gasteiger charge is -2.26. The second kappa shape index (κ2) is 7.03. The molecule has 1 N–H and O–H groups in total. The maximum Gasteiger partial charge on any atom is 0.152 e. The Morgan fingerprint density at radius 3 is 2.73 bits per heavy atom. The van der Waals surface area contributed by atoms with Gasteiger partial charge in [-0.05, 0) is 25.8 Å². The van der Waals surface area contributed by atoms with Crippen molar-refractivity contribution in [1.29, 1.82) is 0 Å². The number of fused-ring (bicyclic) bond motifs is 1. The molecule has 142 valence electrons. The zero-order chi connectivity index (χ0) is 18.3. The molecule has 0 bridgehead atoms. The first-order chi connectivity index (χ1) is 12.4. The SMILES string of the molecule is Cc1sc2nc(CN3CCOCC3)nc(N[C@H]3CCS(=O)(=O)C3)c2c1C. The first kappa shape index (κ1) is 18.1. The standard InChI is InChI=1S/C17H24N4O3S2/c1-11-12(2)25-17-15(11)16(18-13-3-8-26(22,23)10-13)19-14(20-17)9-21-4-6-24-7-5-21/h13H,3-10H2,1-2H3,(H,18,19,20)/t13-/m0/s1. The molecule has 2 aliphatic heterocycles. The van der Waals surface area contributed by atoms with E-state index in [1.54, 1.807) is 11.3 Å². The van der Waals surface area contributed by atoms with Crippen LogP contribution < -0.4 is 5.32 Å². The lowest BCUT2D eigenvalue weighted by molar-refractivity contribution is 0.0331. The molecule has 4 rings (SSSR count). The van der Waals surface area contributed by atoms with E-state index < -0.39 is 9.84 Å². The molecule has 4 heterocycles. The number of anilines is 1. The third kappa shape index (κ3) is 3.71. The number of rotatable bonds is 4. The van der Waals surface area contributed by atoms with E-state index in [2.05, 4.69) is 24.1 Å². The summed E-state index contributed by atoms with van der Waals surface area (Å²) in [7, 11) is -2.93. The highest BCUT2D eigenvalue weighted by Gasteiger charge is 2.29. The summed E-state index contributed by atoms with van der Waals surface area (Å²) in [6.07, 6.45) is 0.634. The Kier molecular flexibility index (Phi) is 4.89. The molecule has 0 aromatic carbocycles. The Hall–Kier alpha value is -1.29. The molecule has 0 amide bonds. The van der Waals surface area contributed by atoms with Crippen molar-refractivity contribution in [3.05, 3.63) is 16.3 Å². The first-order valence-electron chi connectivity index (χ1n) is 8.95. The molecular weight excluding hydrogens is 372 g/mol. The Morgan fingerprint density at radius 2 is 2.04 bits per heavy atom. The zero-order valence-corrected chi connectivity index (χ0v) is 16.8. The number of ether oxygens (including phenoxy) is 1. The summed E-state index contributed by atoms with van der Waals surface area (Å²) in [5.41, 5.74) is 1.17. The molecule has 26 heavy (non-hydrogen) atoms. The number of hydrogen-bond acceptors (Lipinski definition) is 8. The summed E-state index contributed by atoms with van der Waals surface area (Å²) in [6, 6.07) is -0.0751. The van der Waals surface area contributed by atoms with Crippen LogP contribution in [0.25, 0.3) is 10.2 Å². The molecule has 2 fully saturated rings. The largest absolute Gasteiger partial charge is 0.379 e. The average molecular weight is 397 g/mol. The van der Waals surface area contributed by atoms with E-state index in [1.165, 1.54) is 10.4 Å². The van der Waals surface area contributed by atoms with Gasteiger partial charge in [0.25, 0.3) is 0 Å². The minimum absolute atomic E-state index is 0.0751. The van der Waals surface area contributed by atoms with Crippen LogP contribution in [0.3, 0.4) is 0 Å². The van der Waals surface area contributed by atoms with Crippen LogP contribution in [0.15, 0.2) is 0 Å². The molecule has 2 aromatic rings. The minimum atomic E-state index is -2.93. The third-order valence-electron chi connectivity index (χ3n) is 5.12. The number of morpholine rings is 1. The lowest BCUT2D eigenvalue weighted by atomic mass is 10.2. The van der Waals surface area contributed by atoms with Crippen molar-refractivity contribution in [3.63, 3.8) is 0 Å². The highest BCUT2D eigenvalue weighted by Crippen LogP contribution is 2.34. The normalized spacial score (nSPS) is 23.5. The molecule has 9 heteroatoms. The molecule has 2 aliphatic rings.